The number of nitrogens with zero attached hydrogens (tertiary/aromatic N) is 1. The van der Waals surface area contributed by atoms with Crippen molar-refractivity contribution >= 4 is 21.1 Å². The first-order valence-electron chi connectivity index (χ1n) is 6.22. The van der Waals surface area contributed by atoms with Crippen molar-refractivity contribution in [3.8, 4) is 0 Å². The summed E-state index contributed by atoms with van der Waals surface area (Å²) in [5, 5.41) is 11.2. The maximum Gasteiger partial charge on any atom is 0.277 e. The van der Waals surface area contributed by atoms with Crippen LogP contribution in [0.4, 0.5) is 11.4 Å². The second kappa shape index (κ2) is 5.30. The van der Waals surface area contributed by atoms with E-state index in [9.17, 15) is 10.1 Å². The SMILES string of the molecule is CC(C)(C)[SiH2]OC(C)(C)c1c(N)cccc1[N+](=O)[O-]. The Bertz CT molecular complexity index is 481. The Kier molecular flexibility index (Phi) is 4.37. The van der Waals surface area contributed by atoms with Crippen LogP contribution in [0.5, 0.6) is 0 Å². The number of nitrogens with two attached hydrogens (primary N) is 1. The minimum Gasteiger partial charge on any atom is -0.414 e. The highest BCUT2D eigenvalue weighted by molar-refractivity contribution is 6.31. The van der Waals surface area contributed by atoms with Crippen LogP contribution in [0.3, 0.4) is 0 Å². The monoisotopic (exact) mass is 282 g/mol. The fourth-order valence-corrected chi connectivity index (χ4v) is 2.77. The van der Waals surface area contributed by atoms with Crippen molar-refractivity contribution in [1.82, 2.24) is 0 Å². The highest BCUT2D eigenvalue weighted by Crippen LogP contribution is 2.38. The maximum atomic E-state index is 11.1. The summed E-state index contributed by atoms with van der Waals surface area (Å²) in [5.41, 5.74) is 6.07. The van der Waals surface area contributed by atoms with Gasteiger partial charge in [0.1, 0.15) is 0 Å². The summed E-state index contributed by atoms with van der Waals surface area (Å²) in [6.45, 7) is 10.0. The second-order valence-electron chi connectivity index (χ2n) is 6.36. The molecular formula is C13H22N2O3Si. The van der Waals surface area contributed by atoms with Gasteiger partial charge < -0.3 is 10.2 Å². The first-order chi connectivity index (χ1) is 8.54. The van der Waals surface area contributed by atoms with Crippen LogP contribution in [-0.4, -0.2) is 14.7 Å². The highest BCUT2D eigenvalue weighted by Gasteiger charge is 2.33. The first kappa shape index (κ1) is 15.7. The third-order valence-electron chi connectivity index (χ3n) is 2.74. The standard InChI is InChI=1S/C13H22N2O3Si/c1-12(2,3)19-18-13(4,5)11-9(14)7-6-8-10(11)15(16)17/h6-8H,14,19H2,1-5H3. The van der Waals surface area contributed by atoms with Crippen molar-refractivity contribution in [3.63, 3.8) is 0 Å². The van der Waals surface area contributed by atoms with Gasteiger partial charge in [0.2, 0.25) is 0 Å². The lowest BCUT2D eigenvalue weighted by Gasteiger charge is -2.30. The summed E-state index contributed by atoms with van der Waals surface area (Å²) in [4.78, 5) is 10.7. The van der Waals surface area contributed by atoms with Gasteiger partial charge in [-0.25, -0.2) is 0 Å². The molecule has 106 valence electrons. The Hall–Kier alpha value is -1.40. The van der Waals surface area contributed by atoms with Gasteiger partial charge in [-0.15, -0.1) is 0 Å². The van der Waals surface area contributed by atoms with Gasteiger partial charge in [-0.1, -0.05) is 26.8 Å². The molecule has 0 spiro atoms. The van der Waals surface area contributed by atoms with Crippen LogP contribution in [0.2, 0.25) is 5.04 Å². The predicted molar refractivity (Wildman–Crippen MR) is 79.9 cm³/mol. The number of nitro benzene ring substituents is 1. The number of rotatable bonds is 4. The van der Waals surface area contributed by atoms with Gasteiger partial charge in [0.25, 0.3) is 5.69 Å². The molecule has 0 aromatic heterocycles. The average molecular weight is 282 g/mol. The summed E-state index contributed by atoms with van der Waals surface area (Å²) in [5.74, 6) is 0. The molecule has 0 aliphatic heterocycles. The Balaban J connectivity index is 3.16. The zero-order valence-electron chi connectivity index (χ0n) is 12.2. The van der Waals surface area contributed by atoms with Gasteiger partial charge >= 0.3 is 0 Å². The second-order valence-corrected chi connectivity index (χ2v) is 9.06. The van der Waals surface area contributed by atoms with E-state index in [-0.39, 0.29) is 10.7 Å². The minimum atomic E-state index is -0.833. The van der Waals surface area contributed by atoms with Crippen molar-refractivity contribution in [2.75, 3.05) is 5.73 Å². The van der Waals surface area contributed by atoms with Gasteiger partial charge in [0, 0.05) is 11.8 Å². The van der Waals surface area contributed by atoms with E-state index in [0.717, 1.165) is 0 Å². The van der Waals surface area contributed by atoms with Gasteiger partial charge in [0.05, 0.1) is 16.1 Å². The minimum absolute atomic E-state index is 0.0212. The van der Waals surface area contributed by atoms with Crippen LogP contribution in [0.25, 0.3) is 0 Å². The van der Waals surface area contributed by atoms with E-state index < -0.39 is 20.3 Å². The molecular weight excluding hydrogens is 260 g/mol. The van der Waals surface area contributed by atoms with Crippen molar-refractivity contribution in [2.24, 2.45) is 0 Å². The zero-order valence-corrected chi connectivity index (χ0v) is 13.6. The average Bonchev–Trinajstić information content (AvgIpc) is 2.25. The van der Waals surface area contributed by atoms with Crippen molar-refractivity contribution in [1.29, 1.82) is 0 Å². The molecule has 1 rings (SSSR count). The molecule has 0 amide bonds. The molecule has 0 unspecified atom stereocenters. The molecule has 0 aliphatic carbocycles. The molecule has 5 nitrogen and oxygen atoms in total. The van der Waals surface area contributed by atoms with E-state index in [0.29, 0.717) is 11.3 Å². The van der Waals surface area contributed by atoms with E-state index >= 15 is 0 Å². The van der Waals surface area contributed by atoms with Crippen LogP contribution in [-0.2, 0) is 10.0 Å². The van der Waals surface area contributed by atoms with Gasteiger partial charge in [0.15, 0.2) is 9.76 Å². The number of nitrogen functional groups attached to an aromatic ring is 1. The van der Waals surface area contributed by atoms with E-state index in [4.69, 9.17) is 10.2 Å². The van der Waals surface area contributed by atoms with Crippen LogP contribution in [0.1, 0.15) is 40.2 Å². The van der Waals surface area contributed by atoms with Crippen LogP contribution in [0, 0.1) is 10.1 Å². The van der Waals surface area contributed by atoms with E-state index in [1.165, 1.54) is 6.07 Å². The summed E-state index contributed by atoms with van der Waals surface area (Å²) < 4.78 is 6.01. The van der Waals surface area contributed by atoms with Crippen molar-refractivity contribution in [2.45, 2.75) is 45.3 Å². The van der Waals surface area contributed by atoms with Crippen LogP contribution in [0.15, 0.2) is 18.2 Å². The van der Waals surface area contributed by atoms with E-state index in [1.54, 1.807) is 12.1 Å². The molecule has 0 atom stereocenters. The van der Waals surface area contributed by atoms with Gasteiger partial charge in [-0.05, 0) is 25.0 Å². The molecule has 19 heavy (non-hydrogen) atoms. The molecule has 0 saturated carbocycles. The quantitative estimate of drug-likeness (QED) is 0.398. The third-order valence-corrected chi connectivity index (χ3v) is 4.47. The lowest BCUT2D eigenvalue weighted by atomic mass is 9.95. The molecule has 0 bridgehead atoms. The summed E-state index contributed by atoms with van der Waals surface area (Å²) >= 11 is 0. The maximum absolute atomic E-state index is 11.1. The lowest BCUT2D eigenvalue weighted by Crippen LogP contribution is -2.29. The Labute approximate surface area is 116 Å². The number of hydrogen-bond acceptors (Lipinski definition) is 4. The van der Waals surface area contributed by atoms with Crippen molar-refractivity contribution < 1.29 is 9.35 Å². The summed E-state index contributed by atoms with van der Waals surface area (Å²) in [6, 6.07) is 4.73. The van der Waals surface area contributed by atoms with Crippen LogP contribution >= 0.6 is 0 Å². The number of hydrogen-bond donors (Lipinski definition) is 1. The van der Waals surface area contributed by atoms with E-state index in [1.807, 2.05) is 13.8 Å². The number of anilines is 1. The van der Waals surface area contributed by atoms with Gasteiger partial charge in [-0.2, -0.15) is 0 Å². The summed E-state index contributed by atoms with van der Waals surface area (Å²) in [6.07, 6.45) is 0. The van der Waals surface area contributed by atoms with Crippen LogP contribution < -0.4 is 5.73 Å². The molecule has 1 aromatic rings. The Morgan fingerprint density at radius 3 is 2.32 bits per heavy atom. The third kappa shape index (κ3) is 4.04. The largest absolute Gasteiger partial charge is 0.414 e. The highest BCUT2D eigenvalue weighted by atomic mass is 28.2. The molecule has 0 heterocycles. The fourth-order valence-electron chi connectivity index (χ4n) is 1.83. The molecule has 2 N–H and O–H groups in total. The van der Waals surface area contributed by atoms with Crippen molar-refractivity contribution in [3.05, 3.63) is 33.9 Å². The molecule has 0 fully saturated rings. The molecule has 0 aliphatic rings. The molecule has 0 radical (unpaired) electrons. The molecule has 6 heteroatoms. The molecule has 0 saturated heterocycles. The zero-order chi connectivity index (χ0) is 14.8. The van der Waals surface area contributed by atoms with Gasteiger partial charge in [-0.3, -0.25) is 10.1 Å². The smallest absolute Gasteiger partial charge is 0.277 e. The predicted octanol–water partition coefficient (Wildman–Crippen LogP) is 2.73. The Morgan fingerprint density at radius 1 is 1.26 bits per heavy atom. The number of nitro groups is 1. The van der Waals surface area contributed by atoms with E-state index in [2.05, 4.69) is 20.8 Å². The fraction of sp³-hybridized carbons (Fsp3) is 0.538. The topological polar surface area (TPSA) is 78.4 Å². The lowest BCUT2D eigenvalue weighted by molar-refractivity contribution is -0.386. The first-order valence-corrected chi connectivity index (χ1v) is 7.50. The molecule has 1 aromatic carbocycles. The number of benzene rings is 1. The normalized spacial score (nSPS) is 13.1. The summed E-state index contributed by atoms with van der Waals surface area (Å²) in [7, 11) is -0.833. The Morgan fingerprint density at radius 2 is 1.84 bits per heavy atom.